The predicted molar refractivity (Wildman–Crippen MR) is 58.7 cm³/mol. The van der Waals surface area contributed by atoms with E-state index in [1.54, 1.807) is 0 Å². The van der Waals surface area contributed by atoms with Crippen LogP contribution >= 0.6 is 23.2 Å². The quantitative estimate of drug-likeness (QED) is 0.799. The molecule has 0 saturated heterocycles. The lowest BCUT2D eigenvalue weighted by molar-refractivity contribution is 0.0692. The largest absolute Gasteiger partial charge is 0.478 e. The molecule has 16 heavy (non-hydrogen) atoms. The number of pyridine rings is 1. The van der Waals surface area contributed by atoms with Gasteiger partial charge in [0.25, 0.3) is 0 Å². The lowest BCUT2D eigenvalue weighted by Gasteiger charge is -2.03. The van der Waals surface area contributed by atoms with Gasteiger partial charge in [-0.1, -0.05) is 23.2 Å². The molecule has 0 saturated carbocycles. The third kappa shape index (κ3) is 1.81. The molecule has 0 spiro atoms. The molecule has 1 heterocycles. The third-order valence-electron chi connectivity index (χ3n) is 2.04. The molecule has 1 N–H and O–H groups in total. The van der Waals surface area contributed by atoms with Crippen LogP contribution in [0.3, 0.4) is 0 Å². The van der Waals surface area contributed by atoms with Crippen LogP contribution in [0.25, 0.3) is 10.9 Å². The van der Waals surface area contributed by atoms with E-state index >= 15 is 0 Å². The normalized spacial score (nSPS) is 10.7. The van der Waals surface area contributed by atoms with Crippen molar-refractivity contribution in [3.63, 3.8) is 0 Å². The Labute approximate surface area is 99.4 Å². The number of benzene rings is 1. The topological polar surface area (TPSA) is 50.2 Å². The summed E-state index contributed by atoms with van der Waals surface area (Å²) in [5.41, 5.74) is -0.162. The van der Waals surface area contributed by atoms with Crippen LogP contribution in [0, 0.1) is 5.82 Å². The van der Waals surface area contributed by atoms with Crippen molar-refractivity contribution in [2.24, 2.45) is 0 Å². The van der Waals surface area contributed by atoms with E-state index in [2.05, 4.69) is 4.98 Å². The van der Waals surface area contributed by atoms with E-state index in [4.69, 9.17) is 28.3 Å². The summed E-state index contributed by atoms with van der Waals surface area (Å²) in [5.74, 6) is -2.20. The number of aromatic carboxylic acids is 1. The summed E-state index contributed by atoms with van der Waals surface area (Å²) in [7, 11) is 0. The van der Waals surface area contributed by atoms with Crippen LogP contribution in [0.2, 0.25) is 10.2 Å². The second kappa shape index (κ2) is 3.88. The first-order valence-electron chi connectivity index (χ1n) is 4.17. The fourth-order valence-corrected chi connectivity index (χ4v) is 1.62. The Bertz CT molecular complexity index is 601. The first-order valence-corrected chi connectivity index (χ1v) is 4.93. The van der Waals surface area contributed by atoms with Gasteiger partial charge in [0.15, 0.2) is 0 Å². The maximum Gasteiger partial charge on any atom is 0.338 e. The van der Waals surface area contributed by atoms with Crippen molar-refractivity contribution < 1.29 is 14.3 Å². The number of fused-ring (bicyclic) bond motifs is 1. The van der Waals surface area contributed by atoms with Crippen LogP contribution in [0.1, 0.15) is 10.4 Å². The third-order valence-corrected chi connectivity index (χ3v) is 2.72. The molecule has 1 aromatic carbocycles. The van der Waals surface area contributed by atoms with Crippen LogP contribution in [0.15, 0.2) is 18.2 Å². The van der Waals surface area contributed by atoms with E-state index in [-0.39, 0.29) is 15.7 Å². The van der Waals surface area contributed by atoms with Gasteiger partial charge in [-0.05, 0) is 12.1 Å². The van der Waals surface area contributed by atoms with Gasteiger partial charge in [-0.2, -0.15) is 0 Å². The van der Waals surface area contributed by atoms with E-state index in [1.807, 2.05) is 0 Å². The van der Waals surface area contributed by atoms with E-state index in [0.29, 0.717) is 5.39 Å². The summed E-state index contributed by atoms with van der Waals surface area (Å²) < 4.78 is 13.3. The molecule has 0 aliphatic carbocycles. The number of halogens is 3. The van der Waals surface area contributed by atoms with Gasteiger partial charge >= 0.3 is 5.97 Å². The van der Waals surface area contributed by atoms with Crippen LogP contribution < -0.4 is 0 Å². The number of carboxylic acid groups (broad SMARTS) is 1. The minimum atomic E-state index is -1.34. The van der Waals surface area contributed by atoms with Gasteiger partial charge in [-0.25, -0.2) is 14.2 Å². The maximum absolute atomic E-state index is 13.3. The highest BCUT2D eigenvalue weighted by Crippen LogP contribution is 2.26. The van der Waals surface area contributed by atoms with E-state index in [0.717, 1.165) is 6.07 Å². The molecule has 1 aromatic heterocycles. The Morgan fingerprint density at radius 1 is 1.31 bits per heavy atom. The molecule has 6 heteroatoms. The molecule has 0 unspecified atom stereocenters. The lowest BCUT2D eigenvalue weighted by Crippen LogP contribution is -2.00. The number of rotatable bonds is 1. The van der Waals surface area contributed by atoms with E-state index in [9.17, 15) is 9.18 Å². The Hall–Kier alpha value is -1.39. The minimum absolute atomic E-state index is 0.0524. The van der Waals surface area contributed by atoms with Crippen LogP contribution in [0.4, 0.5) is 4.39 Å². The Morgan fingerprint density at radius 2 is 2.00 bits per heavy atom. The summed E-state index contributed by atoms with van der Waals surface area (Å²) in [6.07, 6.45) is 0. The molecule has 0 radical (unpaired) electrons. The molecule has 0 amide bonds. The smallest absolute Gasteiger partial charge is 0.338 e. The average molecular weight is 260 g/mol. The summed E-state index contributed by atoms with van der Waals surface area (Å²) in [6.45, 7) is 0. The van der Waals surface area contributed by atoms with Crippen molar-refractivity contribution in [1.82, 2.24) is 4.98 Å². The predicted octanol–water partition coefficient (Wildman–Crippen LogP) is 3.38. The molecule has 0 bridgehead atoms. The second-order valence-corrected chi connectivity index (χ2v) is 3.86. The summed E-state index contributed by atoms with van der Waals surface area (Å²) in [4.78, 5) is 14.5. The SMILES string of the molecule is O=C(O)c1cc2cc(Cl)c(Cl)nc2cc1F. The fraction of sp³-hybridized carbons (Fsp3) is 0. The number of carboxylic acids is 1. The van der Waals surface area contributed by atoms with Gasteiger partial charge in [-0.15, -0.1) is 0 Å². The Balaban J connectivity index is 2.79. The Morgan fingerprint density at radius 3 is 2.62 bits per heavy atom. The monoisotopic (exact) mass is 259 g/mol. The molecule has 0 aliphatic rings. The number of nitrogens with zero attached hydrogens (tertiary/aromatic N) is 1. The summed E-state index contributed by atoms with van der Waals surface area (Å²) in [5, 5.41) is 9.40. The molecule has 3 nitrogen and oxygen atoms in total. The van der Waals surface area contributed by atoms with Crippen molar-refractivity contribution in [3.05, 3.63) is 39.8 Å². The first-order chi connectivity index (χ1) is 7.49. The van der Waals surface area contributed by atoms with Crippen molar-refractivity contribution in [1.29, 1.82) is 0 Å². The fourth-order valence-electron chi connectivity index (χ4n) is 1.31. The maximum atomic E-state index is 13.3. The minimum Gasteiger partial charge on any atom is -0.478 e. The summed E-state index contributed by atoms with van der Waals surface area (Å²) in [6, 6.07) is 3.63. The van der Waals surface area contributed by atoms with Gasteiger partial charge in [0.05, 0.1) is 16.1 Å². The number of hydrogen-bond donors (Lipinski definition) is 1. The number of hydrogen-bond acceptors (Lipinski definition) is 2. The molecule has 82 valence electrons. The lowest BCUT2D eigenvalue weighted by atomic mass is 10.1. The van der Waals surface area contributed by atoms with Crippen LogP contribution in [-0.2, 0) is 0 Å². The van der Waals surface area contributed by atoms with Crippen molar-refractivity contribution >= 4 is 40.1 Å². The summed E-state index contributed by atoms with van der Waals surface area (Å²) >= 11 is 11.4. The highest BCUT2D eigenvalue weighted by Gasteiger charge is 2.13. The average Bonchev–Trinajstić information content (AvgIpc) is 2.19. The molecular formula is C10H4Cl2FNO2. The zero-order chi connectivity index (χ0) is 11.9. The van der Waals surface area contributed by atoms with Gasteiger partial charge in [0.1, 0.15) is 11.0 Å². The van der Waals surface area contributed by atoms with E-state index < -0.39 is 17.3 Å². The standard InChI is InChI=1S/C10H4Cl2FNO2/c11-6-2-4-1-5(10(15)16)7(13)3-8(4)14-9(6)12/h1-3H,(H,15,16). The van der Waals surface area contributed by atoms with Gasteiger partial charge in [0, 0.05) is 11.5 Å². The molecule has 0 fully saturated rings. The van der Waals surface area contributed by atoms with Crippen LogP contribution in [-0.4, -0.2) is 16.1 Å². The Kier molecular flexibility index (Phi) is 2.69. The number of carbonyl (C=O) groups is 1. The second-order valence-electron chi connectivity index (χ2n) is 3.09. The first kappa shape index (κ1) is 11.1. The highest BCUT2D eigenvalue weighted by molar-refractivity contribution is 6.41. The van der Waals surface area contributed by atoms with Gasteiger partial charge in [0.2, 0.25) is 0 Å². The van der Waals surface area contributed by atoms with Crippen molar-refractivity contribution in [3.8, 4) is 0 Å². The van der Waals surface area contributed by atoms with E-state index in [1.165, 1.54) is 12.1 Å². The zero-order valence-corrected chi connectivity index (χ0v) is 9.18. The highest BCUT2D eigenvalue weighted by atomic mass is 35.5. The molecule has 2 rings (SSSR count). The molecule has 0 atom stereocenters. The van der Waals surface area contributed by atoms with Crippen LogP contribution in [0.5, 0.6) is 0 Å². The van der Waals surface area contributed by atoms with Gasteiger partial charge < -0.3 is 5.11 Å². The molecule has 0 aliphatic heterocycles. The van der Waals surface area contributed by atoms with Crippen molar-refractivity contribution in [2.75, 3.05) is 0 Å². The van der Waals surface area contributed by atoms with Gasteiger partial charge in [-0.3, -0.25) is 0 Å². The molecular weight excluding hydrogens is 256 g/mol. The van der Waals surface area contributed by atoms with Crippen molar-refractivity contribution in [2.45, 2.75) is 0 Å². The molecule has 2 aromatic rings. The zero-order valence-electron chi connectivity index (χ0n) is 7.67. The number of aromatic nitrogens is 1.